The van der Waals surface area contributed by atoms with Crippen LogP contribution in [0.3, 0.4) is 0 Å². The Labute approximate surface area is 176 Å². The molecule has 1 fully saturated rings. The van der Waals surface area contributed by atoms with Gasteiger partial charge < -0.3 is 23.0 Å². The number of nitrogens with one attached hydrogen (secondary N) is 1. The minimum Gasteiger partial charge on any atom is -0.415 e. The molecule has 166 valence electrons. The van der Waals surface area contributed by atoms with E-state index in [0.29, 0.717) is 6.61 Å². The molecule has 0 saturated carbocycles. The van der Waals surface area contributed by atoms with Crippen molar-refractivity contribution in [3.63, 3.8) is 0 Å². The summed E-state index contributed by atoms with van der Waals surface area (Å²) in [7, 11) is -7.52. The molecular formula is C18H43NO5Si4. The number of hydrogen-bond donors (Lipinski definition) is 1. The van der Waals surface area contributed by atoms with Crippen molar-refractivity contribution < 1.29 is 22.5 Å². The second kappa shape index (κ2) is 9.12. The molecule has 28 heavy (non-hydrogen) atoms. The number of rotatable bonds is 9. The first-order valence-electron chi connectivity index (χ1n) is 10.3. The van der Waals surface area contributed by atoms with Crippen molar-refractivity contribution in [3.05, 3.63) is 0 Å². The average molecular weight is 466 g/mol. The Balaban J connectivity index is 3.28. The van der Waals surface area contributed by atoms with Gasteiger partial charge in [0, 0.05) is 0 Å². The van der Waals surface area contributed by atoms with Gasteiger partial charge in [-0.3, -0.25) is 4.79 Å². The van der Waals surface area contributed by atoms with Gasteiger partial charge in [0.25, 0.3) is 5.91 Å². The second-order valence-corrected chi connectivity index (χ2v) is 29.5. The van der Waals surface area contributed by atoms with E-state index in [1.54, 1.807) is 0 Å². The van der Waals surface area contributed by atoms with Crippen LogP contribution in [0.5, 0.6) is 0 Å². The van der Waals surface area contributed by atoms with Crippen LogP contribution in [0.1, 0.15) is 0 Å². The molecule has 1 saturated heterocycles. The highest BCUT2D eigenvalue weighted by molar-refractivity contribution is 6.71. The van der Waals surface area contributed by atoms with E-state index in [4.69, 9.17) is 17.7 Å². The molecule has 10 heteroatoms. The first-order chi connectivity index (χ1) is 12.3. The quantitative estimate of drug-likeness (QED) is 0.521. The molecule has 6 nitrogen and oxygen atoms in total. The van der Waals surface area contributed by atoms with Crippen molar-refractivity contribution in [2.24, 2.45) is 0 Å². The molecule has 0 aromatic rings. The third-order valence-corrected chi connectivity index (χ3v) is 7.71. The van der Waals surface area contributed by atoms with E-state index in [1.165, 1.54) is 0 Å². The van der Waals surface area contributed by atoms with E-state index < -0.39 is 45.5 Å². The monoisotopic (exact) mass is 465 g/mol. The predicted octanol–water partition coefficient (Wildman–Crippen LogP) is 4.00. The minimum atomic E-state index is -1.96. The van der Waals surface area contributed by atoms with Crippen LogP contribution in [0.15, 0.2) is 0 Å². The average Bonchev–Trinajstić information content (AvgIpc) is 2.39. The summed E-state index contributed by atoms with van der Waals surface area (Å²) in [4.78, 5) is 13.0. The van der Waals surface area contributed by atoms with Crippen LogP contribution < -0.4 is 5.32 Å². The van der Waals surface area contributed by atoms with Crippen LogP contribution in [0.2, 0.25) is 78.6 Å². The molecule has 0 bridgehead atoms. The van der Waals surface area contributed by atoms with Gasteiger partial charge in [-0.15, -0.1) is 0 Å². The fourth-order valence-corrected chi connectivity index (χ4v) is 6.84. The van der Waals surface area contributed by atoms with Crippen LogP contribution >= 0.6 is 0 Å². The Morgan fingerprint density at radius 3 is 1.50 bits per heavy atom. The molecule has 0 unspecified atom stereocenters. The predicted molar refractivity (Wildman–Crippen MR) is 126 cm³/mol. The fourth-order valence-electron chi connectivity index (χ4n) is 2.97. The van der Waals surface area contributed by atoms with E-state index in [0.717, 1.165) is 0 Å². The molecule has 1 amide bonds. The summed E-state index contributed by atoms with van der Waals surface area (Å²) in [6.45, 7) is 26.1. The fraction of sp³-hybridized carbons (Fsp3) is 0.944. The van der Waals surface area contributed by atoms with Gasteiger partial charge in [-0.2, -0.15) is 0 Å². The zero-order valence-corrected chi connectivity index (χ0v) is 24.1. The van der Waals surface area contributed by atoms with Gasteiger partial charge in [-0.05, 0) is 78.6 Å². The minimum absolute atomic E-state index is 0.106. The van der Waals surface area contributed by atoms with Crippen LogP contribution in [0.25, 0.3) is 0 Å². The maximum Gasteiger partial charge on any atom is 0.251 e. The van der Waals surface area contributed by atoms with Crippen molar-refractivity contribution >= 4 is 39.2 Å². The lowest BCUT2D eigenvalue weighted by Gasteiger charge is -2.48. The SMILES string of the molecule is C[Si](C)(C)OC[C@H]1NC(=O)[C@H](O[Si](C)(C)C)[C@@H](O[Si](C)(C)C)[C@@H]1O[Si](C)(C)C. The van der Waals surface area contributed by atoms with Gasteiger partial charge in [0.15, 0.2) is 39.4 Å². The lowest BCUT2D eigenvalue weighted by atomic mass is 9.96. The van der Waals surface area contributed by atoms with Gasteiger partial charge >= 0.3 is 0 Å². The highest BCUT2D eigenvalue weighted by Gasteiger charge is 2.50. The second-order valence-electron chi connectivity index (χ2n) is 11.6. The smallest absolute Gasteiger partial charge is 0.251 e. The lowest BCUT2D eigenvalue weighted by Crippen LogP contribution is -2.69. The summed E-state index contributed by atoms with van der Waals surface area (Å²) in [5.74, 6) is -0.106. The van der Waals surface area contributed by atoms with Gasteiger partial charge in [-0.25, -0.2) is 0 Å². The molecule has 1 heterocycles. The molecule has 4 atom stereocenters. The summed E-state index contributed by atoms with van der Waals surface area (Å²) in [6.07, 6.45) is -1.31. The Bertz CT molecular complexity index is 534. The van der Waals surface area contributed by atoms with Gasteiger partial charge in [-0.1, -0.05) is 0 Å². The number of amides is 1. The van der Waals surface area contributed by atoms with E-state index in [2.05, 4.69) is 83.9 Å². The Morgan fingerprint density at radius 2 is 1.11 bits per heavy atom. The Morgan fingerprint density at radius 1 is 0.679 bits per heavy atom. The molecule has 0 spiro atoms. The molecule has 1 aliphatic rings. The van der Waals surface area contributed by atoms with Crippen molar-refractivity contribution in [3.8, 4) is 0 Å². The Hall–Kier alpha value is 0.178. The molecule has 1 N–H and O–H groups in total. The molecule has 1 aliphatic heterocycles. The number of carbonyl (C=O) groups excluding carboxylic acids is 1. The van der Waals surface area contributed by atoms with Crippen molar-refractivity contribution in [1.82, 2.24) is 5.32 Å². The molecule has 0 radical (unpaired) electrons. The maximum atomic E-state index is 13.0. The molecular weight excluding hydrogens is 423 g/mol. The summed E-state index contributed by atoms with van der Waals surface area (Å²) < 4.78 is 25.6. The first-order valence-corrected chi connectivity index (χ1v) is 23.9. The van der Waals surface area contributed by atoms with Crippen LogP contribution in [0.4, 0.5) is 0 Å². The third kappa shape index (κ3) is 9.79. The normalized spacial score (nSPS) is 27.6. The van der Waals surface area contributed by atoms with Crippen molar-refractivity contribution in [2.45, 2.75) is 103 Å². The van der Waals surface area contributed by atoms with Gasteiger partial charge in [0.05, 0.1) is 18.8 Å². The lowest BCUT2D eigenvalue weighted by molar-refractivity contribution is -0.148. The van der Waals surface area contributed by atoms with Crippen molar-refractivity contribution in [1.29, 1.82) is 0 Å². The summed E-state index contributed by atoms with van der Waals surface area (Å²) >= 11 is 0. The highest BCUT2D eigenvalue weighted by atomic mass is 28.4. The molecule has 0 aromatic heterocycles. The van der Waals surface area contributed by atoms with Crippen LogP contribution in [-0.4, -0.2) is 70.1 Å². The number of hydrogen-bond acceptors (Lipinski definition) is 5. The van der Waals surface area contributed by atoms with E-state index in [1.807, 2.05) is 0 Å². The standard InChI is InChI=1S/C18H43NO5Si4/c1-25(2,3)21-13-14-15(22-26(4,5)6)16(23-27(7,8)9)17(18(20)19-14)24-28(10,11)12/h14-17H,13H2,1-12H3,(H,19,20)/t14-,15-,16+,17-/m1/s1. The van der Waals surface area contributed by atoms with E-state index in [9.17, 15) is 4.79 Å². The summed E-state index contributed by atoms with van der Waals surface area (Å²) in [5.41, 5.74) is 0. The summed E-state index contributed by atoms with van der Waals surface area (Å²) in [5, 5.41) is 3.14. The molecule has 0 aromatic carbocycles. The number of carbonyl (C=O) groups is 1. The largest absolute Gasteiger partial charge is 0.415 e. The highest BCUT2D eigenvalue weighted by Crippen LogP contribution is 2.29. The van der Waals surface area contributed by atoms with Crippen molar-refractivity contribution in [2.75, 3.05) is 6.61 Å². The zero-order chi connectivity index (χ0) is 22.1. The third-order valence-electron chi connectivity index (χ3n) is 3.76. The van der Waals surface area contributed by atoms with Gasteiger partial charge in [0.2, 0.25) is 0 Å². The van der Waals surface area contributed by atoms with Crippen LogP contribution in [-0.2, 0) is 22.5 Å². The molecule has 1 rings (SSSR count). The maximum absolute atomic E-state index is 13.0. The van der Waals surface area contributed by atoms with Crippen LogP contribution in [0, 0.1) is 0 Å². The molecule has 0 aliphatic carbocycles. The van der Waals surface area contributed by atoms with Gasteiger partial charge in [0.1, 0.15) is 6.10 Å². The topological polar surface area (TPSA) is 66.0 Å². The first kappa shape index (κ1) is 26.2. The number of piperidine rings is 1. The summed E-state index contributed by atoms with van der Waals surface area (Å²) in [6, 6.07) is -0.228. The Kier molecular flexibility index (Phi) is 8.54. The van der Waals surface area contributed by atoms with E-state index >= 15 is 0 Å². The zero-order valence-electron chi connectivity index (χ0n) is 20.1. The van der Waals surface area contributed by atoms with E-state index in [-0.39, 0.29) is 18.1 Å².